The van der Waals surface area contributed by atoms with Crippen molar-refractivity contribution in [3.05, 3.63) is 78.2 Å². The van der Waals surface area contributed by atoms with E-state index < -0.39 is 32.9 Å². The lowest BCUT2D eigenvalue weighted by Crippen LogP contribution is -2.15. The van der Waals surface area contributed by atoms with Crippen LogP contribution in [0, 0.1) is 11.6 Å². The molecule has 0 aliphatic carbocycles. The molecule has 0 radical (unpaired) electrons. The molecule has 0 atom stereocenters. The van der Waals surface area contributed by atoms with Crippen LogP contribution in [0.4, 0.5) is 14.5 Å². The lowest BCUT2D eigenvalue weighted by atomic mass is 10.0. The maximum absolute atomic E-state index is 15.3. The van der Waals surface area contributed by atoms with Crippen molar-refractivity contribution >= 4 is 32.8 Å². The normalized spacial score (nSPS) is 11.7. The van der Waals surface area contributed by atoms with Gasteiger partial charge < -0.3 is 4.40 Å². The maximum Gasteiger partial charge on any atom is 0.263 e. The van der Waals surface area contributed by atoms with Crippen LogP contribution in [0.5, 0.6) is 0 Å². The van der Waals surface area contributed by atoms with Gasteiger partial charge >= 0.3 is 0 Å². The van der Waals surface area contributed by atoms with Gasteiger partial charge in [0.2, 0.25) is 0 Å². The Morgan fingerprint density at radius 3 is 2.70 bits per heavy atom. The lowest BCUT2D eigenvalue weighted by Gasteiger charge is -2.13. The Morgan fingerprint density at radius 2 is 1.94 bits per heavy atom. The van der Waals surface area contributed by atoms with E-state index in [4.69, 9.17) is 11.6 Å². The molecule has 0 spiro atoms. The van der Waals surface area contributed by atoms with E-state index in [1.165, 1.54) is 37.2 Å². The number of aromatic amines is 1. The standard InChI is InChI=1S/C20H12ClF2N7O2S/c21-12-5-13(7-24-6-12)33(31,32)29-15-3-2-14(22)17(18(15)23)11-1-4-16-19(20-25-9-27-28-20)26-10-30(16)8-11/h1-10,29H,(H,25,27,28). The molecule has 2 N–H and O–H groups in total. The van der Waals surface area contributed by atoms with E-state index in [0.29, 0.717) is 17.0 Å². The van der Waals surface area contributed by atoms with Gasteiger partial charge in [0.1, 0.15) is 29.1 Å². The quantitative estimate of drug-likeness (QED) is 0.388. The van der Waals surface area contributed by atoms with Crippen LogP contribution in [-0.2, 0) is 10.0 Å². The van der Waals surface area contributed by atoms with Gasteiger partial charge in [0.05, 0.1) is 21.8 Å². The monoisotopic (exact) mass is 487 g/mol. The van der Waals surface area contributed by atoms with Crippen molar-refractivity contribution in [3.8, 4) is 22.6 Å². The number of nitrogens with one attached hydrogen (secondary N) is 2. The van der Waals surface area contributed by atoms with Crippen molar-refractivity contribution < 1.29 is 17.2 Å². The van der Waals surface area contributed by atoms with Crippen LogP contribution in [0.2, 0.25) is 5.02 Å². The van der Waals surface area contributed by atoms with E-state index in [1.54, 1.807) is 10.5 Å². The SMILES string of the molecule is O=S(=O)(Nc1ccc(F)c(-c2ccc3c(-c4ncn[nH]4)ncn3c2)c1F)c1cncc(Cl)c1. The van der Waals surface area contributed by atoms with Gasteiger partial charge in [-0.3, -0.25) is 14.8 Å². The zero-order valence-electron chi connectivity index (χ0n) is 16.4. The minimum absolute atomic E-state index is 0.0940. The highest BCUT2D eigenvalue weighted by molar-refractivity contribution is 7.92. The number of benzene rings is 1. The lowest BCUT2D eigenvalue weighted by molar-refractivity contribution is 0.587. The maximum atomic E-state index is 15.3. The molecule has 9 nitrogen and oxygen atoms in total. The third kappa shape index (κ3) is 3.79. The fraction of sp³-hybridized carbons (Fsp3) is 0. The number of anilines is 1. The highest BCUT2D eigenvalue weighted by Crippen LogP contribution is 2.33. The molecule has 4 heterocycles. The third-order valence-electron chi connectivity index (χ3n) is 4.78. The predicted octanol–water partition coefficient (Wildman–Crippen LogP) is 3.91. The van der Waals surface area contributed by atoms with Crippen LogP contribution < -0.4 is 4.72 Å². The largest absolute Gasteiger partial charge is 0.305 e. The van der Waals surface area contributed by atoms with E-state index in [9.17, 15) is 12.8 Å². The molecule has 0 aliphatic rings. The number of sulfonamides is 1. The molecule has 0 bridgehead atoms. The fourth-order valence-electron chi connectivity index (χ4n) is 3.29. The molecular weight excluding hydrogens is 476 g/mol. The Hall–Kier alpha value is -3.90. The van der Waals surface area contributed by atoms with Crippen LogP contribution in [-0.4, -0.2) is 38.0 Å². The number of fused-ring (bicyclic) bond motifs is 1. The van der Waals surface area contributed by atoms with Gasteiger partial charge in [-0.2, -0.15) is 5.10 Å². The minimum atomic E-state index is -4.22. The smallest absolute Gasteiger partial charge is 0.263 e. The molecule has 0 saturated heterocycles. The molecule has 166 valence electrons. The average Bonchev–Trinajstić information content (AvgIpc) is 3.45. The zero-order chi connectivity index (χ0) is 23.2. The number of rotatable bonds is 5. The fourth-order valence-corrected chi connectivity index (χ4v) is 4.57. The van der Waals surface area contributed by atoms with E-state index in [-0.39, 0.29) is 15.5 Å². The first-order valence-electron chi connectivity index (χ1n) is 9.28. The van der Waals surface area contributed by atoms with Gasteiger partial charge in [-0.1, -0.05) is 17.7 Å². The van der Waals surface area contributed by atoms with E-state index in [2.05, 4.69) is 29.9 Å². The summed E-state index contributed by atoms with van der Waals surface area (Å²) in [5.41, 5.74) is 0.471. The molecule has 1 aromatic carbocycles. The van der Waals surface area contributed by atoms with E-state index >= 15 is 4.39 Å². The first kappa shape index (κ1) is 21.0. The van der Waals surface area contributed by atoms with Gasteiger partial charge in [0, 0.05) is 24.2 Å². The zero-order valence-corrected chi connectivity index (χ0v) is 17.9. The second-order valence-electron chi connectivity index (χ2n) is 6.87. The molecule has 0 fully saturated rings. The highest BCUT2D eigenvalue weighted by Gasteiger charge is 2.22. The molecule has 0 unspecified atom stereocenters. The van der Waals surface area contributed by atoms with Crippen molar-refractivity contribution in [1.29, 1.82) is 0 Å². The van der Waals surface area contributed by atoms with Crippen molar-refractivity contribution in [2.75, 3.05) is 4.72 Å². The molecule has 0 amide bonds. The molecule has 5 rings (SSSR count). The van der Waals surface area contributed by atoms with Crippen molar-refractivity contribution in [2.45, 2.75) is 4.90 Å². The van der Waals surface area contributed by atoms with E-state index in [0.717, 1.165) is 18.3 Å². The second-order valence-corrected chi connectivity index (χ2v) is 8.98. The molecule has 33 heavy (non-hydrogen) atoms. The summed E-state index contributed by atoms with van der Waals surface area (Å²) in [6.07, 6.45) is 6.60. The average molecular weight is 488 g/mol. The molecular formula is C20H12ClF2N7O2S. The Bertz CT molecular complexity index is 1600. The summed E-state index contributed by atoms with van der Waals surface area (Å²) in [6, 6.07) is 6.26. The van der Waals surface area contributed by atoms with Crippen LogP contribution in [0.15, 0.2) is 66.5 Å². The molecule has 4 aromatic heterocycles. The number of halogens is 3. The first-order chi connectivity index (χ1) is 15.8. The summed E-state index contributed by atoms with van der Waals surface area (Å²) in [5.74, 6) is -1.51. The number of hydrogen-bond donors (Lipinski definition) is 2. The molecule has 0 saturated carbocycles. The second kappa shape index (κ2) is 7.90. The van der Waals surface area contributed by atoms with E-state index in [1.807, 2.05) is 0 Å². The van der Waals surface area contributed by atoms with Crippen molar-refractivity contribution in [3.63, 3.8) is 0 Å². The third-order valence-corrected chi connectivity index (χ3v) is 6.32. The van der Waals surface area contributed by atoms with Crippen LogP contribution in [0.1, 0.15) is 0 Å². The Kier molecular flexibility index (Phi) is 5.02. The number of pyridine rings is 2. The number of H-pyrrole nitrogens is 1. The van der Waals surface area contributed by atoms with Gasteiger partial charge in [0.25, 0.3) is 10.0 Å². The van der Waals surface area contributed by atoms with Gasteiger partial charge in [0.15, 0.2) is 11.6 Å². The summed E-state index contributed by atoms with van der Waals surface area (Å²) in [6.45, 7) is 0. The van der Waals surface area contributed by atoms with Crippen LogP contribution in [0.25, 0.3) is 28.2 Å². The minimum Gasteiger partial charge on any atom is -0.305 e. The summed E-state index contributed by atoms with van der Waals surface area (Å²) in [7, 11) is -4.22. The van der Waals surface area contributed by atoms with Crippen molar-refractivity contribution in [2.24, 2.45) is 0 Å². The predicted molar refractivity (Wildman–Crippen MR) is 116 cm³/mol. The number of aromatic nitrogens is 6. The number of hydrogen-bond acceptors (Lipinski definition) is 6. The van der Waals surface area contributed by atoms with Crippen LogP contribution in [0.3, 0.4) is 0 Å². The van der Waals surface area contributed by atoms with Gasteiger partial charge in [-0.15, -0.1) is 0 Å². The Labute approximate surface area is 190 Å². The Morgan fingerprint density at radius 1 is 1.09 bits per heavy atom. The topological polar surface area (TPSA) is 118 Å². The number of imidazole rings is 1. The molecule has 0 aliphatic heterocycles. The van der Waals surface area contributed by atoms with Gasteiger partial charge in [-0.05, 0) is 24.3 Å². The first-order valence-corrected chi connectivity index (χ1v) is 11.1. The summed E-state index contributed by atoms with van der Waals surface area (Å²) >= 11 is 5.80. The highest BCUT2D eigenvalue weighted by atomic mass is 35.5. The van der Waals surface area contributed by atoms with Gasteiger partial charge in [-0.25, -0.2) is 27.2 Å². The Balaban J connectivity index is 1.56. The molecule has 5 aromatic rings. The van der Waals surface area contributed by atoms with Crippen LogP contribution >= 0.6 is 11.6 Å². The summed E-state index contributed by atoms with van der Waals surface area (Å²) in [5, 5.41) is 6.59. The summed E-state index contributed by atoms with van der Waals surface area (Å²) in [4.78, 5) is 11.8. The molecule has 13 heteroatoms. The summed E-state index contributed by atoms with van der Waals surface area (Å²) < 4.78 is 58.9. The number of nitrogens with zero attached hydrogens (tertiary/aromatic N) is 5. The van der Waals surface area contributed by atoms with Crippen molar-refractivity contribution in [1.82, 2.24) is 29.5 Å².